The zero-order chi connectivity index (χ0) is 15.4. The van der Waals surface area contributed by atoms with Crippen molar-refractivity contribution in [1.29, 1.82) is 0 Å². The van der Waals surface area contributed by atoms with Crippen LogP contribution in [0, 0.1) is 0 Å². The molecule has 0 N–H and O–H groups in total. The van der Waals surface area contributed by atoms with Crippen molar-refractivity contribution in [2.24, 2.45) is 0 Å². The van der Waals surface area contributed by atoms with E-state index in [1.165, 1.54) is 0 Å². The molecular formula is C16H15BrN4O2. The molecule has 0 radical (unpaired) electrons. The number of ether oxygens (including phenoxy) is 2. The van der Waals surface area contributed by atoms with E-state index in [9.17, 15) is 0 Å². The highest BCUT2D eigenvalue weighted by molar-refractivity contribution is 9.10. The van der Waals surface area contributed by atoms with Crippen LogP contribution in [0.1, 0.15) is 12.5 Å². The van der Waals surface area contributed by atoms with Crippen molar-refractivity contribution >= 4 is 27.0 Å². The van der Waals surface area contributed by atoms with Gasteiger partial charge in [0, 0.05) is 17.2 Å². The molecule has 118 valence electrons. The van der Waals surface area contributed by atoms with E-state index in [-0.39, 0.29) is 0 Å². The number of imidazole rings is 1. The van der Waals surface area contributed by atoms with E-state index in [1.54, 1.807) is 0 Å². The minimum Gasteiger partial charge on any atom is -0.491 e. The summed E-state index contributed by atoms with van der Waals surface area (Å²) in [7, 11) is 0. The fourth-order valence-electron chi connectivity index (χ4n) is 3.18. The Kier molecular flexibility index (Phi) is 2.99. The number of benzene rings is 1. The first-order valence-corrected chi connectivity index (χ1v) is 8.54. The number of hydrogen-bond acceptors (Lipinski definition) is 4. The van der Waals surface area contributed by atoms with E-state index in [0.717, 1.165) is 65.4 Å². The number of hydrogen-bond donors (Lipinski definition) is 0. The number of aryl methyl sites for hydroxylation is 1. The van der Waals surface area contributed by atoms with Crippen LogP contribution in [0.4, 0.5) is 0 Å². The highest BCUT2D eigenvalue weighted by Crippen LogP contribution is 2.36. The van der Waals surface area contributed by atoms with E-state index in [4.69, 9.17) is 14.5 Å². The average molecular weight is 375 g/mol. The monoisotopic (exact) mass is 374 g/mol. The Balaban J connectivity index is 1.68. The van der Waals surface area contributed by atoms with Gasteiger partial charge in [0.05, 0.1) is 43.1 Å². The van der Waals surface area contributed by atoms with Gasteiger partial charge >= 0.3 is 0 Å². The number of rotatable bonds is 2. The van der Waals surface area contributed by atoms with Crippen molar-refractivity contribution in [1.82, 2.24) is 19.3 Å². The van der Waals surface area contributed by atoms with E-state index in [2.05, 4.69) is 31.8 Å². The average Bonchev–Trinajstić information content (AvgIpc) is 3.00. The van der Waals surface area contributed by atoms with Gasteiger partial charge < -0.3 is 14.0 Å². The van der Waals surface area contributed by atoms with Gasteiger partial charge in [0.25, 0.3) is 0 Å². The summed E-state index contributed by atoms with van der Waals surface area (Å²) in [5.74, 6) is 1.85. The lowest BCUT2D eigenvalue weighted by molar-refractivity contribution is -0.0286. The Hall–Kier alpha value is -1.86. The summed E-state index contributed by atoms with van der Waals surface area (Å²) in [5.41, 5.74) is 3.06. The molecule has 6 nitrogen and oxygen atoms in total. The smallest absolute Gasteiger partial charge is 0.146 e. The summed E-state index contributed by atoms with van der Waals surface area (Å²) < 4.78 is 16.4. The van der Waals surface area contributed by atoms with Crippen molar-refractivity contribution in [2.75, 3.05) is 19.8 Å². The third kappa shape index (κ3) is 2.10. The first-order chi connectivity index (χ1) is 11.3. The summed E-state index contributed by atoms with van der Waals surface area (Å²) in [6.07, 6.45) is 4.93. The predicted molar refractivity (Wildman–Crippen MR) is 88.6 cm³/mol. The van der Waals surface area contributed by atoms with Crippen LogP contribution in [0.3, 0.4) is 0 Å². The number of aromatic nitrogens is 4. The molecule has 0 atom stereocenters. The van der Waals surface area contributed by atoms with Crippen molar-refractivity contribution in [3.05, 3.63) is 29.0 Å². The first-order valence-electron chi connectivity index (χ1n) is 7.74. The predicted octanol–water partition coefficient (Wildman–Crippen LogP) is 3.02. The van der Waals surface area contributed by atoms with Gasteiger partial charge in [-0.2, -0.15) is 5.10 Å². The molecule has 0 amide bonds. The van der Waals surface area contributed by atoms with Crippen molar-refractivity contribution in [3.8, 4) is 17.1 Å². The summed E-state index contributed by atoms with van der Waals surface area (Å²) in [6, 6.07) is 4.41. The first kappa shape index (κ1) is 13.6. The van der Waals surface area contributed by atoms with Crippen molar-refractivity contribution < 1.29 is 9.47 Å². The van der Waals surface area contributed by atoms with Gasteiger partial charge in [-0.25, -0.2) is 4.98 Å². The van der Waals surface area contributed by atoms with Crippen LogP contribution >= 0.6 is 15.9 Å². The maximum absolute atomic E-state index is 5.89. The lowest BCUT2D eigenvalue weighted by Gasteiger charge is -2.25. The largest absolute Gasteiger partial charge is 0.491 e. The molecule has 2 aromatic heterocycles. The Morgan fingerprint density at radius 3 is 3.00 bits per heavy atom. The van der Waals surface area contributed by atoms with Gasteiger partial charge in [-0.1, -0.05) is 15.9 Å². The molecule has 1 fully saturated rings. The molecule has 2 aliphatic rings. The van der Waals surface area contributed by atoms with Gasteiger partial charge in [0.15, 0.2) is 0 Å². The zero-order valence-electron chi connectivity index (χ0n) is 12.4. The van der Waals surface area contributed by atoms with Gasteiger partial charge in [0.2, 0.25) is 0 Å². The SMILES string of the molecule is Brc1cc2c3c(c1)nc(-c1cnn(C4COC4)c1)n3CCCO2. The van der Waals surface area contributed by atoms with Gasteiger partial charge in [0.1, 0.15) is 17.1 Å². The molecule has 4 heterocycles. The molecule has 5 rings (SSSR count). The molecule has 7 heteroatoms. The van der Waals surface area contributed by atoms with E-state index in [1.807, 2.05) is 23.0 Å². The quantitative estimate of drug-likeness (QED) is 0.691. The molecule has 1 saturated heterocycles. The van der Waals surface area contributed by atoms with Gasteiger partial charge in [-0.15, -0.1) is 0 Å². The van der Waals surface area contributed by atoms with Crippen LogP contribution in [0.5, 0.6) is 5.75 Å². The molecular weight excluding hydrogens is 360 g/mol. The summed E-state index contributed by atoms with van der Waals surface area (Å²) in [5, 5.41) is 4.48. The molecule has 0 spiro atoms. The molecule has 2 aliphatic heterocycles. The summed E-state index contributed by atoms with van der Waals surface area (Å²) >= 11 is 3.54. The Labute approximate surface area is 141 Å². The highest BCUT2D eigenvalue weighted by Gasteiger charge is 2.24. The lowest BCUT2D eigenvalue weighted by Crippen LogP contribution is -2.30. The Morgan fingerprint density at radius 1 is 1.26 bits per heavy atom. The molecule has 1 aromatic carbocycles. The lowest BCUT2D eigenvalue weighted by atomic mass is 10.2. The van der Waals surface area contributed by atoms with Crippen molar-refractivity contribution in [2.45, 2.75) is 19.0 Å². The molecule has 0 unspecified atom stereocenters. The van der Waals surface area contributed by atoms with Crippen LogP contribution in [0.25, 0.3) is 22.4 Å². The number of halogens is 1. The van der Waals surface area contributed by atoms with Gasteiger partial charge in [-0.05, 0) is 18.6 Å². The second-order valence-electron chi connectivity index (χ2n) is 5.96. The van der Waals surface area contributed by atoms with E-state index < -0.39 is 0 Å². The standard InChI is InChI=1S/C16H15BrN4O2/c17-11-4-13-15-14(5-11)23-3-1-2-20(15)16(19-13)10-6-18-21(7-10)12-8-22-9-12/h4-7,12H,1-3,8-9H2. The molecule has 0 bridgehead atoms. The second kappa shape index (κ2) is 5.07. The molecule has 0 aliphatic carbocycles. The maximum Gasteiger partial charge on any atom is 0.146 e. The third-order valence-corrected chi connectivity index (χ3v) is 4.87. The number of nitrogens with zero attached hydrogens (tertiary/aromatic N) is 4. The van der Waals surface area contributed by atoms with Crippen LogP contribution in [0.15, 0.2) is 29.0 Å². The van der Waals surface area contributed by atoms with E-state index >= 15 is 0 Å². The Morgan fingerprint density at radius 2 is 2.17 bits per heavy atom. The minimum atomic E-state index is 0.352. The topological polar surface area (TPSA) is 54.1 Å². The zero-order valence-corrected chi connectivity index (χ0v) is 14.0. The molecule has 23 heavy (non-hydrogen) atoms. The van der Waals surface area contributed by atoms with Crippen LogP contribution < -0.4 is 4.74 Å². The fourth-order valence-corrected chi connectivity index (χ4v) is 3.60. The summed E-state index contributed by atoms with van der Waals surface area (Å²) in [4.78, 5) is 4.84. The highest BCUT2D eigenvalue weighted by atomic mass is 79.9. The summed E-state index contributed by atoms with van der Waals surface area (Å²) in [6.45, 7) is 3.11. The van der Waals surface area contributed by atoms with Gasteiger partial charge in [-0.3, -0.25) is 4.68 Å². The minimum absolute atomic E-state index is 0.352. The second-order valence-corrected chi connectivity index (χ2v) is 6.88. The fraction of sp³-hybridized carbons (Fsp3) is 0.375. The molecule has 3 aromatic rings. The van der Waals surface area contributed by atoms with Crippen LogP contribution in [0.2, 0.25) is 0 Å². The normalized spacial score (nSPS) is 17.8. The van der Waals surface area contributed by atoms with Crippen molar-refractivity contribution in [3.63, 3.8) is 0 Å². The maximum atomic E-state index is 5.89. The Bertz CT molecular complexity index is 897. The molecule has 0 saturated carbocycles. The van der Waals surface area contributed by atoms with Crippen LogP contribution in [-0.2, 0) is 11.3 Å². The third-order valence-electron chi connectivity index (χ3n) is 4.41. The van der Waals surface area contributed by atoms with Crippen LogP contribution in [-0.4, -0.2) is 39.2 Å². The van der Waals surface area contributed by atoms with E-state index in [0.29, 0.717) is 6.04 Å².